The number of rotatable bonds is 3. The van der Waals surface area contributed by atoms with Gasteiger partial charge in [-0.2, -0.15) is 17.0 Å². The van der Waals surface area contributed by atoms with E-state index in [0.717, 1.165) is 5.56 Å². The molecule has 1 aromatic carbocycles. The molecule has 0 radical (unpaired) electrons. The van der Waals surface area contributed by atoms with Crippen molar-refractivity contribution in [1.29, 1.82) is 0 Å². The fraction of sp³-hybridized carbons (Fsp3) is 0.562. The largest absolute Gasteiger partial charge is 0.379 e. The second kappa shape index (κ2) is 7.87. The molecule has 0 spiro atoms. The lowest BCUT2D eigenvalue weighted by Gasteiger charge is -2.37. The van der Waals surface area contributed by atoms with Crippen molar-refractivity contribution in [3.05, 3.63) is 29.6 Å². The minimum Gasteiger partial charge on any atom is -0.379 e. The molecule has 0 aromatic heterocycles. The quantitative estimate of drug-likeness (QED) is 0.835. The normalized spacial score (nSPS) is 20.2. The first-order valence-corrected chi connectivity index (χ1v) is 9.92. The Hall–Kier alpha value is -1.75. The molecule has 2 aliphatic rings. The second-order valence-corrected chi connectivity index (χ2v) is 8.25. The van der Waals surface area contributed by atoms with Gasteiger partial charge in [-0.3, -0.25) is 0 Å². The van der Waals surface area contributed by atoms with Crippen LogP contribution in [0.3, 0.4) is 0 Å². The first-order chi connectivity index (χ1) is 12.4. The molecule has 2 saturated heterocycles. The van der Waals surface area contributed by atoms with Crippen molar-refractivity contribution < 1.29 is 22.3 Å². The molecule has 10 heteroatoms. The molecule has 0 aliphatic carbocycles. The number of nitrogens with one attached hydrogen (secondary N) is 1. The summed E-state index contributed by atoms with van der Waals surface area (Å²) in [5, 5.41) is 2.55. The molecule has 2 aliphatic heterocycles. The molecular weight excluding hydrogens is 363 g/mol. The average Bonchev–Trinajstić information content (AvgIpc) is 2.65. The molecule has 1 N–H and O–H groups in total. The molecule has 3 rings (SSSR count). The maximum Gasteiger partial charge on any atom is 0.322 e. The zero-order chi connectivity index (χ0) is 18.7. The average molecular weight is 386 g/mol. The Morgan fingerprint density at radius 2 is 1.69 bits per heavy atom. The molecule has 2 amide bonds. The summed E-state index contributed by atoms with van der Waals surface area (Å²) in [4.78, 5) is 13.8. The molecule has 1 aromatic rings. The third kappa shape index (κ3) is 4.14. The van der Waals surface area contributed by atoms with Crippen molar-refractivity contribution in [1.82, 2.24) is 13.5 Å². The third-order valence-electron chi connectivity index (χ3n) is 4.51. The van der Waals surface area contributed by atoms with E-state index in [9.17, 15) is 17.6 Å². The summed E-state index contributed by atoms with van der Waals surface area (Å²) in [7, 11) is -3.54. The van der Waals surface area contributed by atoms with Gasteiger partial charge in [-0.05, 0) is 24.6 Å². The standard InChI is InChI=1S/C16H23FN4O4S/c1-13-2-3-14(17)15(12-13)18-16(22)19-4-6-20(7-5-19)26(23,24)21-8-10-25-11-9-21/h2-3,12H,4-11H2,1H3,(H,18,22). The number of carbonyl (C=O) groups excluding carboxylic acids is 1. The Morgan fingerprint density at radius 3 is 2.35 bits per heavy atom. The van der Waals surface area contributed by atoms with Crippen molar-refractivity contribution >= 4 is 21.9 Å². The minimum atomic E-state index is -3.54. The Kier molecular flexibility index (Phi) is 5.76. The van der Waals surface area contributed by atoms with Crippen molar-refractivity contribution in [3.8, 4) is 0 Å². The van der Waals surface area contributed by atoms with Gasteiger partial charge in [0.15, 0.2) is 0 Å². The van der Waals surface area contributed by atoms with Crippen LogP contribution in [0.2, 0.25) is 0 Å². The summed E-state index contributed by atoms with van der Waals surface area (Å²) < 4.78 is 47.0. The maximum absolute atomic E-state index is 13.8. The topological polar surface area (TPSA) is 82.2 Å². The fourth-order valence-corrected chi connectivity index (χ4v) is 4.55. The van der Waals surface area contributed by atoms with E-state index in [-0.39, 0.29) is 31.9 Å². The van der Waals surface area contributed by atoms with Crippen LogP contribution in [0.1, 0.15) is 5.56 Å². The monoisotopic (exact) mass is 386 g/mol. The first kappa shape index (κ1) is 19.0. The van der Waals surface area contributed by atoms with Crippen molar-refractivity contribution in [2.45, 2.75) is 6.92 Å². The van der Waals surface area contributed by atoms with Gasteiger partial charge in [-0.15, -0.1) is 0 Å². The number of halogens is 1. The summed E-state index contributed by atoms with van der Waals surface area (Å²) in [5.74, 6) is -0.502. The van der Waals surface area contributed by atoms with Gasteiger partial charge in [0, 0.05) is 39.3 Å². The number of piperazine rings is 1. The van der Waals surface area contributed by atoms with Crippen LogP contribution in [-0.2, 0) is 14.9 Å². The number of anilines is 1. The van der Waals surface area contributed by atoms with Gasteiger partial charge in [-0.1, -0.05) is 6.07 Å². The van der Waals surface area contributed by atoms with Crippen LogP contribution in [0.4, 0.5) is 14.9 Å². The van der Waals surface area contributed by atoms with Crippen LogP contribution < -0.4 is 5.32 Å². The molecule has 26 heavy (non-hydrogen) atoms. The first-order valence-electron chi connectivity index (χ1n) is 8.53. The van der Waals surface area contributed by atoms with Crippen molar-refractivity contribution in [2.75, 3.05) is 57.8 Å². The van der Waals surface area contributed by atoms with Crippen molar-refractivity contribution in [3.63, 3.8) is 0 Å². The van der Waals surface area contributed by atoms with Gasteiger partial charge in [0.05, 0.1) is 18.9 Å². The number of nitrogens with zero attached hydrogens (tertiary/aromatic N) is 3. The Bertz CT molecular complexity index is 760. The number of urea groups is 1. The molecule has 8 nitrogen and oxygen atoms in total. The molecular formula is C16H23FN4O4S. The molecule has 0 bridgehead atoms. The molecule has 0 saturated carbocycles. The number of ether oxygens (including phenoxy) is 1. The van der Waals surface area contributed by atoms with E-state index in [2.05, 4.69) is 5.32 Å². The predicted molar refractivity (Wildman–Crippen MR) is 94.6 cm³/mol. The van der Waals surface area contributed by atoms with Crippen LogP contribution in [0.5, 0.6) is 0 Å². The highest BCUT2D eigenvalue weighted by molar-refractivity contribution is 7.86. The number of benzene rings is 1. The van der Waals surface area contributed by atoms with Gasteiger partial charge in [0.2, 0.25) is 0 Å². The number of amides is 2. The molecule has 0 atom stereocenters. The highest BCUT2D eigenvalue weighted by atomic mass is 32.2. The number of carbonyl (C=O) groups is 1. The van der Waals surface area contributed by atoms with Crippen LogP contribution >= 0.6 is 0 Å². The lowest BCUT2D eigenvalue weighted by atomic mass is 10.2. The van der Waals surface area contributed by atoms with Gasteiger partial charge < -0.3 is 15.0 Å². The van der Waals surface area contributed by atoms with Crippen LogP contribution in [0.25, 0.3) is 0 Å². The predicted octanol–water partition coefficient (Wildman–Crippen LogP) is 0.861. The zero-order valence-electron chi connectivity index (χ0n) is 14.6. The smallest absolute Gasteiger partial charge is 0.322 e. The summed E-state index contributed by atoms with van der Waals surface area (Å²) in [6.45, 7) is 4.21. The summed E-state index contributed by atoms with van der Waals surface area (Å²) >= 11 is 0. The molecule has 2 fully saturated rings. The minimum absolute atomic E-state index is 0.123. The Labute approximate surface area is 152 Å². The SMILES string of the molecule is Cc1ccc(F)c(NC(=O)N2CCN(S(=O)(=O)N3CCOCC3)CC2)c1. The van der Waals surface area contributed by atoms with E-state index < -0.39 is 22.1 Å². The highest BCUT2D eigenvalue weighted by Gasteiger charge is 2.34. The van der Waals surface area contributed by atoms with Gasteiger partial charge in [0.25, 0.3) is 10.2 Å². The summed E-state index contributed by atoms with van der Waals surface area (Å²) in [5.41, 5.74) is 0.960. The maximum atomic E-state index is 13.8. The third-order valence-corrected chi connectivity index (χ3v) is 6.55. The van der Waals surface area contributed by atoms with Crippen molar-refractivity contribution in [2.24, 2.45) is 0 Å². The van der Waals surface area contributed by atoms with E-state index in [1.165, 1.54) is 19.6 Å². The fourth-order valence-electron chi connectivity index (χ4n) is 2.99. The van der Waals surface area contributed by atoms with E-state index in [0.29, 0.717) is 26.3 Å². The zero-order valence-corrected chi connectivity index (χ0v) is 15.5. The molecule has 144 valence electrons. The number of hydrogen-bond acceptors (Lipinski definition) is 4. The molecule has 0 unspecified atom stereocenters. The second-order valence-electron chi connectivity index (χ2n) is 6.32. The Morgan fingerprint density at radius 1 is 1.08 bits per heavy atom. The number of morpholine rings is 1. The van der Waals surface area contributed by atoms with Crippen LogP contribution in [0.15, 0.2) is 18.2 Å². The van der Waals surface area contributed by atoms with E-state index in [4.69, 9.17) is 4.74 Å². The summed E-state index contributed by atoms with van der Waals surface area (Å²) in [6.07, 6.45) is 0. The molecule has 2 heterocycles. The van der Waals surface area contributed by atoms with Gasteiger partial charge >= 0.3 is 6.03 Å². The van der Waals surface area contributed by atoms with Gasteiger partial charge in [-0.25, -0.2) is 9.18 Å². The summed E-state index contributed by atoms with van der Waals surface area (Å²) in [6, 6.07) is 4.06. The Balaban J connectivity index is 1.57. The van der Waals surface area contributed by atoms with Gasteiger partial charge in [0.1, 0.15) is 5.82 Å². The van der Waals surface area contributed by atoms with Crippen LogP contribution in [0, 0.1) is 12.7 Å². The van der Waals surface area contributed by atoms with E-state index >= 15 is 0 Å². The number of aryl methyl sites for hydroxylation is 1. The highest BCUT2D eigenvalue weighted by Crippen LogP contribution is 2.18. The lowest BCUT2D eigenvalue weighted by Crippen LogP contribution is -2.56. The lowest BCUT2D eigenvalue weighted by molar-refractivity contribution is 0.0691. The van der Waals surface area contributed by atoms with Crippen LogP contribution in [-0.4, -0.2) is 80.4 Å². The van der Waals surface area contributed by atoms with E-state index in [1.54, 1.807) is 12.1 Å². The number of hydrogen-bond donors (Lipinski definition) is 1. The van der Waals surface area contributed by atoms with E-state index in [1.807, 2.05) is 6.92 Å².